The second kappa shape index (κ2) is 6.38. The first-order valence-electron chi connectivity index (χ1n) is 8.54. The number of nitrogens with one attached hydrogen (secondary N) is 1. The van der Waals surface area contributed by atoms with Crippen molar-refractivity contribution in [3.05, 3.63) is 49.1 Å². The molecular formula is C18H20N6O2. The molecule has 2 N–H and O–H groups in total. The molecule has 0 saturated carbocycles. The van der Waals surface area contributed by atoms with Crippen molar-refractivity contribution in [3.8, 4) is 11.4 Å². The fraction of sp³-hybridized carbons (Fsp3) is 0.333. The fourth-order valence-corrected chi connectivity index (χ4v) is 3.47. The minimum atomic E-state index is -0.755. The van der Waals surface area contributed by atoms with E-state index < -0.39 is 11.8 Å². The second-order valence-electron chi connectivity index (χ2n) is 6.72. The number of aliphatic hydroxyl groups excluding tert-OH is 1. The van der Waals surface area contributed by atoms with E-state index in [1.165, 1.54) is 0 Å². The van der Waals surface area contributed by atoms with Crippen molar-refractivity contribution in [1.29, 1.82) is 0 Å². The van der Waals surface area contributed by atoms with Crippen molar-refractivity contribution < 1.29 is 9.90 Å². The molecule has 0 spiro atoms. The number of nitrogens with zero attached hydrogens (tertiary/aromatic N) is 5. The lowest BCUT2D eigenvalue weighted by Crippen LogP contribution is -2.58. The molecule has 0 aliphatic carbocycles. The van der Waals surface area contributed by atoms with Crippen LogP contribution in [0.5, 0.6) is 0 Å². The predicted octanol–water partition coefficient (Wildman–Crippen LogP) is 2.14. The highest BCUT2D eigenvalue weighted by atomic mass is 16.3. The van der Waals surface area contributed by atoms with Gasteiger partial charge in [-0.1, -0.05) is 18.2 Å². The molecule has 1 fully saturated rings. The highest BCUT2D eigenvalue weighted by molar-refractivity contribution is 5.89. The Morgan fingerprint density at radius 3 is 2.96 bits per heavy atom. The number of anilines is 1. The van der Waals surface area contributed by atoms with E-state index in [1.54, 1.807) is 17.4 Å². The Bertz CT molecular complexity index is 882. The van der Waals surface area contributed by atoms with Gasteiger partial charge in [-0.2, -0.15) is 5.10 Å². The number of likely N-dealkylation sites (tertiary alicyclic amines) is 1. The number of benzene rings is 1. The van der Waals surface area contributed by atoms with Gasteiger partial charge in [-0.05, 0) is 25.5 Å². The number of fused-ring (bicyclic) bond motifs is 1. The largest absolute Gasteiger partial charge is 0.393 e. The highest BCUT2D eigenvalue weighted by Gasteiger charge is 2.42. The van der Waals surface area contributed by atoms with E-state index in [1.807, 2.05) is 48.0 Å². The molecule has 2 unspecified atom stereocenters. The van der Waals surface area contributed by atoms with Gasteiger partial charge in [0, 0.05) is 24.8 Å². The molecule has 1 aromatic rings. The van der Waals surface area contributed by atoms with Crippen molar-refractivity contribution in [2.24, 2.45) is 0 Å². The number of urea groups is 1. The molecule has 4 rings (SSSR count). The van der Waals surface area contributed by atoms with Crippen molar-refractivity contribution in [3.63, 3.8) is 0 Å². The third kappa shape index (κ3) is 2.88. The molecule has 0 radical (unpaired) electrons. The van der Waals surface area contributed by atoms with Crippen LogP contribution in [0.15, 0.2) is 49.1 Å². The molecular weight excluding hydrogens is 332 g/mol. The standard InChI is InChI=1S/C18H20N6O2/c1-18(23-11-13-10-20-22-16(13)19-12-23)9-15(25)7-8-24(18)17(26)21-14-5-3-2-4-6-14/h2-6,10-12,15,25H,7-9H2,1H3,(H,21,26). The van der Waals surface area contributed by atoms with Gasteiger partial charge < -0.3 is 19.9 Å². The normalized spacial score (nSPS) is 23.2. The van der Waals surface area contributed by atoms with Gasteiger partial charge in [0.15, 0.2) is 5.82 Å². The maximum absolute atomic E-state index is 13.0. The van der Waals surface area contributed by atoms with Crippen LogP contribution in [0.25, 0.3) is 11.4 Å². The lowest BCUT2D eigenvalue weighted by molar-refractivity contribution is -0.0289. The van der Waals surface area contributed by atoms with Crippen LogP contribution >= 0.6 is 0 Å². The van der Waals surface area contributed by atoms with Gasteiger partial charge in [0.25, 0.3) is 0 Å². The van der Waals surface area contributed by atoms with Gasteiger partial charge in [0.1, 0.15) is 5.66 Å². The number of aliphatic hydroxyl groups is 1. The summed E-state index contributed by atoms with van der Waals surface area (Å²) in [6, 6.07) is 9.12. The molecule has 0 aromatic heterocycles. The molecule has 2 atom stereocenters. The molecule has 3 aliphatic rings. The minimum Gasteiger partial charge on any atom is -0.393 e. The summed E-state index contributed by atoms with van der Waals surface area (Å²) < 4.78 is 1.85. The van der Waals surface area contributed by atoms with E-state index in [9.17, 15) is 9.90 Å². The number of amides is 2. The molecule has 26 heavy (non-hydrogen) atoms. The SMILES string of the molecule is CC1(n2cnc3nncc-3c2)CC(O)CCN1C(=O)Nc1ccccc1. The average molecular weight is 352 g/mol. The lowest BCUT2D eigenvalue weighted by Gasteiger charge is -2.47. The van der Waals surface area contributed by atoms with E-state index in [0.717, 1.165) is 11.3 Å². The first-order valence-corrected chi connectivity index (χ1v) is 8.54. The van der Waals surface area contributed by atoms with Crippen LogP contribution < -0.4 is 5.32 Å². The lowest BCUT2D eigenvalue weighted by atomic mass is 9.94. The summed E-state index contributed by atoms with van der Waals surface area (Å²) in [7, 11) is 0. The van der Waals surface area contributed by atoms with E-state index in [2.05, 4.69) is 20.5 Å². The molecule has 3 aliphatic heterocycles. The Morgan fingerprint density at radius 1 is 1.35 bits per heavy atom. The Morgan fingerprint density at radius 2 is 2.15 bits per heavy atom. The summed E-state index contributed by atoms with van der Waals surface area (Å²) in [5, 5.41) is 21.0. The monoisotopic (exact) mass is 352 g/mol. The summed E-state index contributed by atoms with van der Waals surface area (Å²) in [5.74, 6) is 0.557. The zero-order valence-electron chi connectivity index (χ0n) is 14.4. The van der Waals surface area contributed by atoms with Gasteiger partial charge >= 0.3 is 6.03 Å². The molecule has 8 nitrogen and oxygen atoms in total. The summed E-state index contributed by atoms with van der Waals surface area (Å²) in [6.07, 6.45) is 5.60. The molecule has 0 bridgehead atoms. The smallest absolute Gasteiger partial charge is 0.323 e. The number of aromatic nitrogens is 4. The first kappa shape index (κ1) is 16.5. The van der Waals surface area contributed by atoms with Crippen LogP contribution in [0, 0.1) is 0 Å². The van der Waals surface area contributed by atoms with Gasteiger partial charge in [0.2, 0.25) is 0 Å². The van der Waals surface area contributed by atoms with Crippen LogP contribution in [0.4, 0.5) is 10.5 Å². The van der Waals surface area contributed by atoms with Crippen molar-refractivity contribution in [1.82, 2.24) is 24.6 Å². The highest BCUT2D eigenvalue weighted by Crippen LogP contribution is 2.34. The van der Waals surface area contributed by atoms with Crippen molar-refractivity contribution >= 4 is 11.7 Å². The summed E-state index contributed by atoms with van der Waals surface area (Å²) in [5.41, 5.74) is 0.765. The maximum Gasteiger partial charge on any atom is 0.323 e. The van der Waals surface area contributed by atoms with Crippen LogP contribution in [-0.2, 0) is 5.66 Å². The average Bonchev–Trinajstić information content (AvgIpc) is 3.10. The number of piperidine rings is 1. The fourth-order valence-electron chi connectivity index (χ4n) is 3.47. The third-order valence-corrected chi connectivity index (χ3v) is 4.91. The number of para-hydroxylation sites is 1. The zero-order valence-corrected chi connectivity index (χ0v) is 14.4. The Balaban J connectivity index is 1.68. The van der Waals surface area contributed by atoms with Gasteiger partial charge in [-0.3, -0.25) is 0 Å². The van der Waals surface area contributed by atoms with Crippen molar-refractivity contribution in [2.75, 3.05) is 11.9 Å². The van der Waals surface area contributed by atoms with Crippen molar-refractivity contribution in [2.45, 2.75) is 31.5 Å². The van der Waals surface area contributed by atoms with E-state index in [0.29, 0.717) is 25.2 Å². The summed E-state index contributed by atoms with van der Waals surface area (Å²) >= 11 is 0. The summed E-state index contributed by atoms with van der Waals surface area (Å²) in [6.45, 7) is 2.37. The van der Waals surface area contributed by atoms with Crippen LogP contribution in [0.3, 0.4) is 0 Å². The zero-order chi connectivity index (χ0) is 18.1. The number of hydrogen-bond donors (Lipinski definition) is 2. The first-order chi connectivity index (χ1) is 12.6. The van der Waals surface area contributed by atoms with Gasteiger partial charge in [-0.15, -0.1) is 5.10 Å². The Kier molecular flexibility index (Phi) is 4.04. The minimum absolute atomic E-state index is 0.211. The number of rotatable bonds is 2. The van der Waals surface area contributed by atoms with E-state index in [-0.39, 0.29) is 6.03 Å². The van der Waals surface area contributed by atoms with Gasteiger partial charge in [0.05, 0.1) is 24.2 Å². The number of carbonyl (C=O) groups excluding carboxylic acids is 1. The van der Waals surface area contributed by atoms with E-state index >= 15 is 0 Å². The van der Waals surface area contributed by atoms with Crippen LogP contribution in [0.2, 0.25) is 0 Å². The predicted molar refractivity (Wildman–Crippen MR) is 95.5 cm³/mol. The number of carbonyl (C=O) groups is 1. The van der Waals surface area contributed by atoms with Gasteiger partial charge in [-0.25, -0.2) is 9.78 Å². The number of hydrogen-bond acceptors (Lipinski definition) is 5. The van der Waals surface area contributed by atoms with Crippen LogP contribution in [-0.4, -0.2) is 48.4 Å². The molecule has 2 amide bonds. The molecule has 134 valence electrons. The Hall–Kier alpha value is -3.00. The van der Waals surface area contributed by atoms with E-state index in [4.69, 9.17) is 0 Å². The third-order valence-electron chi connectivity index (χ3n) is 4.91. The summed E-state index contributed by atoms with van der Waals surface area (Å²) in [4.78, 5) is 19.0. The molecule has 1 aromatic carbocycles. The Labute approximate surface area is 150 Å². The molecule has 3 heterocycles. The maximum atomic E-state index is 13.0. The quantitative estimate of drug-likeness (QED) is 0.737. The van der Waals surface area contributed by atoms with Crippen LogP contribution in [0.1, 0.15) is 19.8 Å². The molecule has 1 saturated heterocycles. The topological polar surface area (TPSA) is 96.2 Å². The second-order valence-corrected chi connectivity index (χ2v) is 6.72. The molecule has 8 heteroatoms.